The Hall–Kier alpha value is -4.84. The summed E-state index contributed by atoms with van der Waals surface area (Å²) in [6.07, 6.45) is 2.73. The zero-order valence-corrected chi connectivity index (χ0v) is 22.9. The normalized spacial score (nSPS) is 14.7. The van der Waals surface area contributed by atoms with Crippen LogP contribution in [0.2, 0.25) is 0 Å². The highest BCUT2D eigenvalue weighted by atomic mass is 16.6. The van der Waals surface area contributed by atoms with Crippen molar-refractivity contribution in [3.05, 3.63) is 138 Å². The molecule has 1 atom stereocenters. The van der Waals surface area contributed by atoms with Crippen LogP contribution in [-0.2, 0) is 24.4 Å². The SMILES string of the molecule is O=C(c1c[nH]c2ccc(N(Cc3ccccc3)Cc3ccccc3)cc12)[C@H]1CCCN1C(=O)OCc1ccccc1. The summed E-state index contributed by atoms with van der Waals surface area (Å²) >= 11 is 0. The Balaban J connectivity index is 1.25. The van der Waals surface area contributed by atoms with E-state index in [9.17, 15) is 9.59 Å². The Labute approximate surface area is 240 Å². The third-order valence-corrected chi connectivity index (χ3v) is 7.72. The molecule has 1 fully saturated rings. The van der Waals surface area contributed by atoms with Gasteiger partial charge in [-0.15, -0.1) is 0 Å². The van der Waals surface area contributed by atoms with Crippen molar-refractivity contribution in [3.63, 3.8) is 0 Å². The lowest BCUT2D eigenvalue weighted by Crippen LogP contribution is -2.40. The minimum absolute atomic E-state index is 0.0553. The van der Waals surface area contributed by atoms with E-state index in [0.717, 1.165) is 41.7 Å². The first-order valence-corrected chi connectivity index (χ1v) is 14.1. The smallest absolute Gasteiger partial charge is 0.410 e. The fourth-order valence-corrected chi connectivity index (χ4v) is 5.59. The maximum absolute atomic E-state index is 13.9. The molecule has 0 bridgehead atoms. The number of hydrogen-bond acceptors (Lipinski definition) is 4. The highest BCUT2D eigenvalue weighted by Gasteiger charge is 2.36. The van der Waals surface area contributed by atoms with Gasteiger partial charge in [-0.2, -0.15) is 0 Å². The van der Waals surface area contributed by atoms with Crippen LogP contribution in [0.25, 0.3) is 10.9 Å². The van der Waals surface area contributed by atoms with Crippen molar-refractivity contribution in [2.45, 2.75) is 38.6 Å². The number of Topliss-reactive ketones (excluding diaryl/α,β-unsaturated/α-hetero) is 1. The zero-order valence-electron chi connectivity index (χ0n) is 22.9. The molecule has 0 spiro atoms. The van der Waals surface area contributed by atoms with Crippen LogP contribution in [0.4, 0.5) is 10.5 Å². The molecule has 1 aliphatic heterocycles. The number of anilines is 1. The van der Waals surface area contributed by atoms with Gasteiger partial charge in [0.25, 0.3) is 0 Å². The number of rotatable bonds is 9. The van der Waals surface area contributed by atoms with E-state index in [1.54, 1.807) is 11.1 Å². The Kier molecular flexibility index (Phi) is 7.81. The molecule has 2 heterocycles. The van der Waals surface area contributed by atoms with Crippen molar-refractivity contribution in [1.82, 2.24) is 9.88 Å². The molecule has 1 N–H and O–H groups in total. The van der Waals surface area contributed by atoms with Gasteiger partial charge in [0.2, 0.25) is 0 Å². The third kappa shape index (κ3) is 6.02. The van der Waals surface area contributed by atoms with Gasteiger partial charge in [-0.25, -0.2) is 4.79 Å². The average Bonchev–Trinajstić information content (AvgIpc) is 3.68. The van der Waals surface area contributed by atoms with Crippen molar-refractivity contribution in [1.29, 1.82) is 0 Å². The molecular formula is C35H33N3O3. The second-order valence-corrected chi connectivity index (χ2v) is 10.5. The van der Waals surface area contributed by atoms with E-state index in [0.29, 0.717) is 18.5 Å². The monoisotopic (exact) mass is 543 g/mol. The summed E-state index contributed by atoms with van der Waals surface area (Å²) in [4.78, 5) is 34.1. The summed E-state index contributed by atoms with van der Waals surface area (Å²) in [7, 11) is 0. The fourth-order valence-electron chi connectivity index (χ4n) is 5.59. The lowest BCUT2D eigenvalue weighted by atomic mass is 10.0. The Bertz CT molecular complexity index is 1570. The number of fused-ring (bicyclic) bond motifs is 1. The molecule has 4 aromatic carbocycles. The second kappa shape index (κ2) is 12.1. The molecule has 206 valence electrons. The standard InChI is InChI=1S/C35H33N3O3/c39-34(33-17-10-20-38(33)35(40)41-25-28-15-8-3-9-16-28)31-22-36-32-19-18-29(21-30(31)32)37(23-26-11-4-1-5-12-26)24-27-13-6-2-7-14-27/h1-9,11-16,18-19,21-22,33,36H,10,17,20,23-25H2/t33-/m1/s1. The summed E-state index contributed by atoms with van der Waals surface area (Å²) in [6.45, 7) is 2.17. The van der Waals surface area contributed by atoms with Gasteiger partial charge < -0.3 is 14.6 Å². The van der Waals surface area contributed by atoms with Gasteiger partial charge in [0.15, 0.2) is 5.78 Å². The van der Waals surface area contributed by atoms with Crippen LogP contribution in [0.3, 0.4) is 0 Å². The summed E-state index contributed by atoms with van der Waals surface area (Å²) in [5, 5.41) is 0.864. The number of likely N-dealkylation sites (tertiary alicyclic amines) is 1. The number of aromatic amines is 1. The van der Waals surface area contributed by atoms with Crippen LogP contribution in [-0.4, -0.2) is 34.3 Å². The van der Waals surface area contributed by atoms with E-state index >= 15 is 0 Å². The lowest BCUT2D eigenvalue weighted by molar-refractivity contribution is 0.0739. The topological polar surface area (TPSA) is 65.6 Å². The number of ether oxygens (including phenoxy) is 1. The minimum Gasteiger partial charge on any atom is -0.445 e. The first-order chi connectivity index (χ1) is 20.2. The van der Waals surface area contributed by atoms with Gasteiger partial charge in [-0.05, 0) is 47.7 Å². The van der Waals surface area contributed by atoms with E-state index in [1.807, 2.05) is 48.5 Å². The first-order valence-electron chi connectivity index (χ1n) is 14.1. The number of carbonyl (C=O) groups excluding carboxylic acids is 2. The molecule has 0 radical (unpaired) electrons. The van der Waals surface area contributed by atoms with E-state index in [4.69, 9.17) is 4.74 Å². The second-order valence-electron chi connectivity index (χ2n) is 10.5. The van der Waals surface area contributed by atoms with Crippen molar-refractivity contribution >= 4 is 28.5 Å². The van der Waals surface area contributed by atoms with E-state index in [2.05, 4.69) is 70.5 Å². The number of carbonyl (C=O) groups is 2. The van der Waals surface area contributed by atoms with Crippen LogP contribution in [0, 0.1) is 0 Å². The molecule has 1 saturated heterocycles. The predicted molar refractivity (Wildman–Crippen MR) is 162 cm³/mol. The summed E-state index contributed by atoms with van der Waals surface area (Å²) in [6, 6.07) is 36.1. The predicted octanol–water partition coefficient (Wildman–Crippen LogP) is 7.36. The van der Waals surface area contributed by atoms with Gasteiger partial charge in [-0.3, -0.25) is 9.69 Å². The molecule has 1 aromatic heterocycles. The van der Waals surface area contributed by atoms with Crippen molar-refractivity contribution in [3.8, 4) is 0 Å². The van der Waals surface area contributed by atoms with Gasteiger partial charge in [0.05, 0.1) is 6.04 Å². The van der Waals surface area contributed by atoms with Crippen molar-refractivity contribution in [2.24, 2.45) is 0 Å². The van der Waals surface area contributed by atoms with Crippen molar-refractivity contribution < 1.29 is 14.3 Å². The number of amides is 1. The molecule has 0 unspecified atom stereocenters. The molecular weight excluding hydrogens is 510 g/mol. The van der Waals surface area contributed by atoms with Crippen LogP contribution < -0.4 is 4.90 Å². The molecule has 0 saturated carbocycles. The lowest BCUT2D eigenvalue weighted by Gasteiger charge is -2.26. The molecule has 6 nitrogen and oxygen atoms in total. The Morgan fingerprint density at radius 1 is 0.805 bits per heavy atom. The van der Waals surface area contributed by atoms with Crippen molar-refractivity contribution in [2.75, 3.05) is 11.4 Å². The van der Waals surface area contributed by atoms with Crippen LogP contribution in [0.15, 0.2) is 115 Å². The molecule has 6 rings (SSSR count). The van der Waals surface area contributed by atoms with Crippen LogP contribution in [0.1, 0.15) is 39.9 Å². The summed E-state index contributed by atoms with van der Waals surface area (Å²) in [5.74, 6) is -0.0553. The summed E-state index contributed by atoms with van der Waals surface area (Å²) in [5.41, 5.74) is 5.88. The summed E-state index contributed by atoms with van der Waals surface area (Å²) < 4.78 is 5.58. The number of benzene rings is 4. The molecule has 41 heavy (non-hydrogen) atoms. The Morgan fingerprint density at radius 2 is 1.41 bits per heavy atom. The Morgan fingerprint density at radius 3 is 2.05 bits per heavy atom. The molecule has 0 aliphatic carbocycles. The highest BCUT2D eigenvalue weighted by molar-refractivity contribution is 6.11. The zero-order chi connectivity index (χ0) is 28.0. The van der Waals surface area contributed by atoms with Gasteiger partial charge >= 0.3 is 6.09 Å². The fraction of sp³-hybridized carbons (Fsp3) is 0.200. The highest BCUT2D eigenvalue weighted by Crippen LogP contribution is 2.30. The number of nitrogens with one attached hydrogen (secondary N) is 1. The van der Waals surface area contributed by atoms with Gasteiger partial charge in [0.1, 0.15) is 6.61 Å². The average molecular weight is 544 g/mol. The maximum atomic E-state index is 13.9. The number of hydrogen-bond donors (Lipinski definition) is 1. The van der Waals surface area contributed by atoms with Gasteiger partial charge in [0, 0.05) is 48.0 Å². The number of aromatic nitrogens is 1. The van der Waals surface area contributed by atoms with Crippen LogP contribution >= 0.6 is 0 Å². The molecule has 6 heteroatoms. The largest absolute Gasteiger partial charge is 0.445 e. The van der Waals surface area contributed by atoms with Crippen LogP contribution in [0.5, 0.6) is 0 Å². The number of H-pyrrole nitrogens is 1. The van der Waals surface area contributed by atoms with E-state index < -0.39 is 12.1 Å². The van der Waals surface area contributed by atoms with E-state index in [1.165, 1.54) is 11.1 Å². The minimum atomic E-state index is -0.536. The molecule has 1 aliphatic rings. The quantitative estimate of drug-likeness (QED) is 0.197. The molecule has 5 aromatic rings. The number of ketones is 1. The third-order valence-electron chi connectivity index (χ3n) is 7.72. The van der Waals surface area contributed by atoms with Gasteiger partial charge in [-0.1, -0.05) is 91.0 Å². The first kappa shape index (κ1) is 26.4. The number of nitrogens with zero attached hydrogens (tertiary/aromatic N) is 2. The maximum Gasteiger partial charge on any atom is 0.410 e. The molecule has 1 amide bonds. The van der Waals surface area contributed by atoms with E-state index in [-0.39, 0.29) is 12.4 Å².